The van der Waals surface area contributed by atoms with Gasteiger partial charge in [0.05, 0.1) is 0 Å². The summed E-state index contributed by atoms with van der Waals surface area (Å²) in [5, 5.41) is 0. The van der Waals surface area contributed by atoms with Crippen molar-refractivity contribution in [1.82, 2.24) is 0 Å². The Kier molecular flexibility index (Phi) is 3.39. The van der Waals surface area contributed by atoms with Crippen molar-refractivity contribution >= 4 is 0 Å². The van der Waals surface area contributed by atoms with Gasteiger partial charge in [0.15, 0.2) is 0 Å². The average Bonchev–Trinajstić information content (AvgIpc) is 2.65. The van der Waals surface area contributed by atoms with Gasteiger partial charge < -0.3 is 5.73 Å². The first kappa shape index (κ1) is 11.4. The fourth-order valence-electron chi connectivity index (χ4n) is 3.77. The Hall–Kier alpha value is -0.0400. The number of rotatable bonds is 2. The highest BCUT2D eigenvalue weighted by atomic mass is 14.8. The topological polar surface area (TPSA) is 26.0 Å². The quantitative estimate of drug-likeness (QED) is 0.737. The Labute approximate surface area is 94.8 Å². The summed E-state index contributed by atoms with van der Waals surface area (Å²) in [4.78, 5) is 0. The van der Waals surface area contributed by atoms with E-state index in [9.17, 15) is 0 Å². The van der Waals surface area contributed by atoms with Crippen LogP contribution in [0.5, 0.6) is 0 Å². The molecular weight excluding hydrogens is 182 g/mol. The molecule has 0 heterocycles. The van der Waals surface area contributed by atoms with Crippen molar-refractivity contribution in [3.8, 4) is 0 Å². The normalized spacial score (nSPS) is 43.4. The fourth-order valence-corrected chi connectivity index (χ4v) is 3.77. The Morgan fingerprint density at radius 1 is 1.13 bits per heavy atom. The number of nitrogens with two attached hydrogens (primary N) is 1. The summed E-state index contributed by atoms with van der Waals surface area (Å²) in [7, 11) is 0. The van der Waals surface area contributed by atoms with Crippen molar-refractivity contribution in [3.05, 3.63) is 0 Å². The van der Waals surface area contributed by atoms with Gasteiger partial charge in [-0.25, -0.2) is 0 Å². The van der Waals surface area contributed by atoms with Crippen LogP contribution in [0.15, 0.2) is 0 Å². The van der Waals surface area contributed by atoms with Crippen LogP contribution in [-0.2, 0) is 0 Å². The van der Waals surface area contributed by atoms with Gasteiger partial charge in [-0.15, -0.1) is 0 Å². The van der Waals surface area contributed by atoms with Crippen LogP contribution in [0, 0.1) is 17.8 Å². The third kappa shape index (κ3) is 2.55. The highest BCUT2D eigenvalue weighted by Crippen LogP contribution is 2.41. The van der Waals surface area contributed by atoms with Crippen molar-refractivity contribution in [2.45, 2.75) is 70.8 Å². The molecule has 1 nitrogen and oxygen atoms in total. The molecule has 0 aromatic rings. The van der Waals surface area contributed by atoms with Crippen molar-refractivity contribution < 1.29 is 0 Å². The van der Waals surface area contributed by atoms with E-state index in [4.69, 9.17) is 5.73 Å². The van der Waals surface area contributed by atoms with E-state index in [0.717, 1.165) is 17.8 Å². The zero-order valence-corrected chi connectivity index (χ0v) is 10.5. The zero-order chi connectivity index (χ0) is 10.9. The first-order valence-corrected chi connectivity index (χ1v) is 6.89. The molecule has 0 spiro atoms. The second-order valence-electron chi connectivity index (χ2n) is 6.37. The maximum Gasteiger partial charge on any atom is 0.0183 e. The summed E-state index contributed by atoms with van der Waals surface area (Å²) in [5.41, 5.74) is 6.83. The molecule has 2 N–H and O–H groups in total. The van der Waals surface area contributed by atoms with Gasteiger partial charge in [-0.1, -0.05) is 39.5 Å². The molecule has 0 aliphatic heterocycles. The van der Waals surface area contributed by atoms with Gasteiger partial charge in [0.25, 0.3) is 0 Å². The SMILES string of the molecule is CC1CCC(N)(CC2CCCC2)C(C)C1. The van der Waals surface area contributed by atoms with Crippen LogP contribution >= 0.6 is 0 Å². The molecule has 88 valence electrons. The van der Waals surface area contributed by atoms with E-state index < -0.39 is 0 Å². The maximum atomic E-state index is 6.64. The molecule has 0 radical (unpaired) electrons. The Morgan fingerprint density at radius 3 is 2.40 bits per heavy atom. The second kappa shape index (κ2) is 4.45. The Bertz CT molecular complexity index is 207. The molecule has 15 heavy (non-hydrogen) atoms. The number of hydrogen-bond acceptors (Lipinski definition) is 1. The summed E-state index contributed by atoms with van der Waals surface area (Å²) < 4.78 is 0. The van der Waals surface area contributed by atoms with E-state index in [1.807, 2.05) is 0 Å². The van der Waals surface area contributed by atoms with Gasteiger partial charge in [0.2, 0.25) is 0 Å². The lowest BCUT2D eigenvalue weighted by Gasteiger charge is -2.43. The molecule has 0 saturated heterocycles. The molecule has 1 heteroatoms. The van der Waals surface area contributed by atoms with Crippen LogP contribution < -0.4 is 5.73 Å². The molecule has 0 amide bonds. The highest BCUT2D eigenvalue weighted by Gasteiger charge is 2.38. The summed E-state index contributed by atoms with van der Waals surface area (Å²) in [6.45, 7) is 4.76. The van der Waals surface area contributed by atoms with Crippen LogP contribution in [0.3, 0.4) is 0 Å². The van der Waals surface area contributed by atoms with Gasteiger partial charge in [0.1, 0.15) is 0 Å². The summed E-state index contributed by atoms with van der Waals surface area (Å²) in [5.74, 6) is 2.59. The molecule has 3 unspecified atom stereocenters. The minimum absolute atomic E-state index is 0.182. The molecule has 0 aromatic heterocycles. The van der Waals surface area contributed by atoms with Crippen molar-refractivity contribution in [2.24, 2.45) is 23.5 Å². The predicted molar refractivity (Wildman–Crippen MR) is 65.7 cm³/mol. The molecule has 3 atom stereocenters. The fraction of sp³-hybridized carbons (Fsp3) is 1.00. The van der Waals surface area contributed by atoms with E-state index >= 15 is 0 Å². The largest absolute Gasteiger partial charge is 0.325 e. The lowest BCUT2D eigenvalue weighted by atomic mass is 9.67. The van der Waals surface area contributed by atoms with Crippen LogP contribution in [0.4, 0.5) is 0 Å². The van der Waals surface area contributed by atoms with Crippen LogP contribution in [0.25, 0.3) is 0 Å². The predicted octanol–water partition coefficient (Wildman–Crippen LogP) is 3.72. The minimum atomic E-state index is 0.182. The lowest BCUT2D eigenvalue weighted by molar-refractivity contribution is 0.134. The minimum Gasteiger partial charge on any atom is -0.325 e. The van der Waals surface area contributed by atoms with E-state index in [0.29, 0.717) is 0 Å². The number of hydrogen-bond donors (Lipinski definition) is 1. The van der Waals surface area contributed by atoms with Crippen molar-refractivity contribution in [2.75, 3.05) is 0 Å². The molecular formula is C14H27N. The second-order valence-corrected chi connectivity index (χ2v) is 6.37. The van der Waals surface area contributed by atoms with Crippen LogP contribution in [-0.4, -0.2) is 5.54 Å². The summed E-state index contributed by atoms with van der Waals surface area (Å²) >= 11 is 0. The molecule has 2 fully saturated rings. The van der Waals surface area contributed by atoms with E-state index in [-0.39, 0.29) is 5.54 Å². The first-order valence-electron chi connectivity index (χ1n) is 6.89. The van der Waals surface area contributed by atoms with E-state index in [2.05, 4.69) is 13.8 Å². The molecule has 0 aromatic carbocycles. The molecule has 2 aliphatic carbocycles. The third-order valence-electron chi connectivity index (χ3n) is 4.98. The van der Waals surface area contributed by atoms with Gasteiger partial charge in [-0.3, -0.25) is 0 Å². The average molecular weight is 209 g/mol. The standard InChI is InChI=1S/C14H27N/c1-11-7-8-14(15,12(2)9-11)10-13-5-3-4-6-13/h11-13H,3-10,15H2,1-2H3. The lowest BCUT2D eigenvalue weighted by Crippen LogP contribution is -2.50. The maximum absolute atomic E-state index is 6.64. The van der Waals surface area contributed by atoms with E-state index in [1.54, 1.807) is 0 Å². The van der Waals surface area contributed by atoms with Gasteiger partial charge in [-0.05, 0) is 43.4 Å². The first-order chi connectivity index (χ1) is 7.10. The Morgan fingerprint density at radius 2 is 1.80 bits per heavy atom. The van der Waals surface area contributed by atoms with Crippen LogP contribution in [0.1, 0.15) is 65.2 Å². The third-order valence-corrected chi connectivity index (χ3v) is 4.98. The molecule has 2 rings (SSSR count). The Balaban J connectivity index is 1.92. The monoisotopic (exact) mass is 209 g/mol. The van der Waals surface area contributed by atoms with E-state index in [1.165, 1.54) is 51.4 Å². The van der Waals surface area contributed by atoms with Crippen molar-refractivity contribution in [3.63, 3.8) is 0 Å². The summed E-state index contributed by atoms with van der Waals surface area (Å²) in [6.07, 6.45) is 11.1. The van der Waals surface area contributed by atoms with Gasteiger partial charge in [0, 0.05) is 5.54 Å². The molecule has 2 aliphatic rings. The van der Waals surface area contributed by atoms with Gasteiger partial charge in [-0.2, -0.15) is 0 Å². The molecule has 0 bridgehead atoms. The highest BCUT2D eigenvalue weighted by molar-refractivity contribution is 4.95. The van der Waals surface area contributed by atoms with Gasteiger partial charge >= 0.3 is 0 Å². The smallest absolute Gasteiger partial charge is 0.0183 e. The molecule has 2 saturated carbocycles. The van der Waals surface area contributed by atoms with Crippen LogP contribution in [0.2, 0.25) is 0 Å². The zero-order valence-electron chi connectivity index (χ0n) is 10.5. The summed E-state index contributed by atoms with van der Waals surface area (Å²) in [6, 6.07) is 0. The van der Waals surface area contributed by atoms with Crippen molar-refractivity contribution in [1.29, 1.82) is 0 Å².